The van der Waals surface area contributed by atoms with E-state index in [1.807, 2.05) is 6.07 Å². The Morgan fingerprint density at radius 2 is 2.20 bits per heavy atom. The van der Waals surface area contributed by atoms with Crippen LogP contribution in [0.25, 0.3) is 0 Å². The van der Waals surface area contributed by atoms with Crippen LogP contribution in [0.4, 0.5) is 0 Å². The minimum atomic E-state index is 0.0965. The molecule has 0 saturated carbocycles. The van der Waals surface area contributed by atoms with E-state index >= 15 is 0 Å². The summed E-state index contributed by atoms with van der Waals surface area (Å²) in [6.45, 7) is 3.24. The van der Waals surface area contributed by atoms with Crippen LogP contribution in [0.1, 0.15) is 30.9 Å². The van der Waals surface area contributed by atoms with Gasteiger partial charge in [0.15, 0.2) is 0 Å². The van der Waals surface area contributed by atoms with Crippen molar-refractivity contribution < 1.29 is 14.6 Å². The third-order valence-corrected chi connectivity index (χ3v) is 3.85. The van der Waals surface area contributed by atoms with Gasteiger partial charge in [-0.2, -0.15) is 0 Å². The number of aliphatic hydroxyl groups excluding tert-OH is 1. The predicted octanol–water partition coefficient (Wildman–Crippen LogP) is 2.23. The Morgan fingerprint density at radius 1 is 1.30 bits per heavy atom. The fourth-order valence-electron chi connectivity index (χ4n) is 2.83. The van der Waals surface area contributed by atoms with Gasteiger partial charge in [-0.3, -0.25) is 4.90 Å². The maximum atomic E-state index is 8.74. The summed E-state index contributed by atoms with van der Waals surface area (Å²) >= 11 is 0. The highest BCUT2D eigenvalue weighted by Crippen LogP contribution is 2.32. The van der Waals surface area contributed by atoms with Crippen molar-refractivity contribution in [2.24, 2.45) is 0 Å². The lowest BCUT2D eigenvalue weighted by Gasteiger charge is -2.36. The van der Waals surface area contributed by atoms with Gasteiger partial charge in [-0.05, 0) is 37.1 Å². The summed E-state index contributed by atoms with van der Waals surface area (Å²) in [6.07, 6.45) is 3.71. The average molecular weight is 279 g/mol. The molecular weight excluding hydrogens is 254 g/mol. The average Bonchev–Trinajstić information content (AvgIpc) is 2.52. The van der Waals surface area contributed by atoms with Crippen LogP contribution in [0.5, 0.6) is 5.75 Å². The van der Waals surface area contributed by atoms with Gasteiger partial charge in [0, 0.05) is 12.6 Å². The van der Waals surface area contributed by atoms with Crippen molar-refractivity contribution in [1.29, 1.82) is 0 Å². The smallest absolute Gasteiger partial charge is 0.119 e. The number of hydrogen-bond acceptors (Lipinski definition) is 4. The van der Waals surface area contributed by atoms with Crippen LogP contribution in [0.3, 0.4) is 0 Å². The third kappa shape index (κ3) is 4.20. The largest absolute Gasteiger partial charge is 0.497 e. The Morgan fingerprint density at radius 3 is 3.00 bits per heavy atom. The summed E-state index contributed by atoms with van der Waals surface area (Å²) in [5.41, 5.74) is 1.33. The molecule has 1 aromatic rings. The maximum Gasteiger partial charge on any atom is 0.119 e. The number of methoxy groups -OCH3 is 1. The van der Waals surface area contributed by atoms with E-state index in [4.69, 9.17) is 14.6 Å². The van der Waals surface area contributed by atoms with Crippen molar-refractivity contribution in [2.75, 3.05) is 40.0 Å². The molecule has 0 aromatic heterocycles. The van der Waals surface area contributed by atoms with Crippen molar-refractivity contribution in [1.82, 2.24) is 4.90 Å². The van der Waals surface area contributed by atoms with E-state index in [1.165, 1.54) is 24.8 Å². The number of aliphatic hydroxyl groups is 1. The van der Waals surface area contributed by atoms with Crippen LogP contribution in [0.2, 0.25) is 0 Å². The number of ether oxygens (including phenoxy) is 2. The minimum Gasteiger partial charge on any atom is -0.497 e. The molecule has 4 nitrogen and oxygen atoms in total. The highest BCUT2D eigenvalue weighted by molar-refractivity contribution is 5.30. The molecule has 0 radical (unpaired) electrons. The van der Waals surface area contributed by atoms with E-state index in [9.17, 15) is 0 Å². The summed E-state index contributed by atoms with van der Waals surface area (Å²) in [5.74, 6) is 0.921. The van der Waals surface area contributed by atoms with E-state index in [0.29, 0.717) is 19.3 Å². The first-order valence-electron chi connectivity index (χ1n) is 7.41. The molecule has 1 fully saturated rings. The molecule has 0 bridgehead atoms. The van der Waals surface area contributed by atoms with Gasteiger partial charge in [-0.1, -0.05) is 18.6 Å². The number of likely N-dealkylation sites (tertiary alicyclic amines) is 1. The van der Waals surface area contributed by atoms with Gasteiger partial charge in [0.2, 0.25) is 0 Å². The fourth-order valence-corrected chi connectivity index (χ4v) is 2.83. The quantitative estimate of drug-likeness (QED) is 0.777. The molecule has 1 heterocycles. The Hall–Kier alpha value is -1.10. The molecule has 112 valence electrons. The highest BCUT2D eigenvalue weighted by atomic mass is 16.5. The number of piperidine rings is 1. The zero-order valence-corrected chi connectivity index (χ0v) is 12.3. The summed E-state index contributed by atoms with van der Waals surface area (Å²) in [7, 11) is 1.71. The molecule has 20 heavy (non-hydrogen) atoms. The van der Waals surface area contributed by atoms with Gasteiger partial charge >= 0.3 is 0 Å². The van der Waals surface area contributed by atoms with Crippen molar-refractivity contribution in [2.45, 2.75) is 25.3 Å². The van der Waals surface area contributed by atoms with E-state index in [1.54, 1.807) is 7.11 Å². The monoisotopic (exact) mass is 279 g/mol. The molecule has 1 saturated heterocycles. The summed E-state index contributed by atoms with van der Waals surface area (Å²) in [5, 5.41) is 8.74. The minimum absolute atomic E-state index is 0.0965. The van der Waals surface area contributed by atoms with E-state index in [-0.39, 0.29) is 6.61 Å². The summed E-state index contributed by atoms with van der Waals surface area (Å²) < 4.78 is 10.7. The SMILES string of the molecule is COc1cccc([C@@H]2CCCCN2CCOCCO)c1. The molecule has 1 aliphatic rings. The van der Waals surface area contributed by atoms with Crippen LogP contribution < -0.4 is 4.74 Å². The van der Waals surface area contributed by atoms with Gasteiger partial charge in [0.25, 0.3) is 0 Å². The van der Waals surface area contributed by atoms with Crippen molar-refractivity contribution in [3.8, 4) is 5.75 Å². The normalized spacial score (nSPS) is 20.0. The third-order valence-electron chi connectivity index (χ3n) is 3.85. The van der Waals surface area contributed by atoms with Crippen molar-refractivity contribution in [3.63, 3.8) is 0 Å². The molecule has 1 N–H and O–H groups in total. The number of nitrogens with zero attached hydrogens (tertiary/aromatic N) is 1. The molecule has 1 atom stereocenters. The van der Waals surface area contributed by atoms with Crippen LogP contribution in [0, 0.1) is 0 Å². The molecule has 4 heteroatoms. The van der Waals surface area contributed by atoms with Crippen LogP contribution in [-0.4, -0.2) is 50.0 Å². The molecule has 0 amide bonds. The standard InChI is InChI=1S/C16H25NO3/c1-19-15-6-4-5-14(13-15)16-7-2-3-8-17(16)9-11-20-12-10-18/h4-6,13,16,18H,2-3,7-12H2,1H3/t16-/m0/s1. The Labute approximate surface area is 121 Å². The van der Waals surface area contributed by atoms with Gasteiger partial charge in [0.1, 0.15) is 5.75 Å². The second kappa shape index (κ2) is 8.25. The van der Waals surface area contributed by atoms with Crippen molar-refractivity contribution >= 4 is 0 Å². The van der Waals surface area contributed by atoms with Crippen molar-refractivity contribution in [3.05, 3.63) is 29.8 Å². The molecule has 2 rings (SSSR count). The summed E-state index contributed by atoms with van der Waals surface area (Å²) in [4.78, 5) is 2.48. The first kappa shape index (κ1) is 15.3. The molecule has 1 aromatic carbocycles. The lowest BCUT2D eigenvalue weighted by atomic mass is 9.95. The van der Waals surface area contributed by atoms with Crippen LogP contribution in [0.15, 0.2) is 24.3 Å². The Kier molecular flexibility index (Phi) is 6.30. The van der Waals surface area contributed by atoms with Gasteiger partial charge in [0.05, 0.1) is 26.9 Å². The molecule has 0 spiro atoms. The lowest BCUT2D eigenvalue weighted by molar-refractivity contribution is 0.0531. The van der Waals surface area contributed by atoms with E-state index < -0.39 is 0 Å². The maximum absolute atomic E-state index is 8.74. The summed E-state index contributed by atoms with van der Waals surface area (Å²) in [6, 6.07) is 8.82. The molecule has 0 unspecified atom stereocenters. The fraction of sp³-hybridized carbons (Fsp3) is 0.625. The van der Waals surface area contributed by atoms with Gasteiger partial charge < -0.3 is 14.6 Å². The number of hydrogen-bond donors (Lipinski definition) is 1. The van der Waals surface area contributed by atoms with Gasteiger partial charge in [-0.25, -0.2) is 0 Å². The Bertz CT molecular complexity index is 397. The number of rotatable bonds is 7. The topological polar surface area (TPSA) is 41.9 Å². The zero-order valence-electron chi connectivity index (χ0n) is 12.3. The second-order valence-corrected chi connectivity index (χ2v) is 5.16. The predicted molar refractivity (Wildman–Crippen MR) is 79.1 cm³/mol. The molecule has 1 aliphatic heterocycles. The molecule has 0 aliphatic carbocycles. The first-order valence-corrected chi connectivity index (χ1v) is 7.41. The van der Waals surface area contributed by atoms with E-state index in [0.717, 1.165) is 18.8 Å². The van der Waals surface area contributed by atoms with E-state index in [2.05, 4.69) is 23.1 Å². The van der Waals surface area contributed by atoms with Gasteiger partial charge in [-0.15, -0.1) is 0 Å². The second-order valence-electron chi connectivity index (χ2n) is 5.16. The highest BCUT2D eigenvalue weighted by Gasteiger charge is 2.23. The van der Waals surface area contributed by atoms with Crippen LogP contribution >= 0.6 is 0 Å². The van der Waals surface area contributed by atoms with Crippen LogP contribution in [-0.2, 0) is 4.74 Å². The Balaban J connectivity index is 1.98. The number of benzene rings is 1. The first-order chi connectivity index (χ1) is 9.85. The lowest BCUT2D eigenvalue weighted by Crippen LogP contribution is -2.36. The molecular formula is C16H25NO3. The zero-order chi connectivity index (χ0) is 14.2.